The highest BCUT2D eigenvalue weighted by Crippen LogP contribution is 2.57. The van der Waals surface area contributed by atoms with Crippen LogP contribution >= 0.6 is 0 Å². The number of halogens is 14. The summed E-state index contributed by atoms with van der Waals surface area (Å²) in [5.74, 6) is -26.9. The second kappa shape index (κ2) is 6.87. The van der Waals surface area contributed by atoms with Gasteiger partial charge in [0.1, 0.15) is 6.10 Å². The summed E-state index contributed by atoms with van der Waals surface area (Å²) in [7, 11) is 0. The summed E-state index contributed by atoms with van der Waals surface area (Å²) < 4.78 is 182. The van der Waals surface area contributed by atoms with Crippen LogP contribution < -0.4 is 0 Å². The molecule has 0 bridgehead atoms. The van der Waals surface area contributed by atoms with Crippen LogP contribution in [0.15, 0.2) is 18.2 Å². The van der Waals surface area contributed by atoms with E-state index in [-0.39, 0.29) is 25.1 Å². The van der Waals surface area contributed by atoms with E-state index in [1.54, 1.807) is 0 Å². The molecule has 1 unspecified atom stereocenters. The molecule has 1 nitrogen and oxygen atoms in total. The largest absolute Gasteiger partial charge is 0.460 e. The zero-order valence-corrected chi connectivity index (χ0v) is 13.5. The lowest BCUT2D eigenvalue weighted by Gasteiger charge is -2.33. The highest BCUT2D eigenvalue weighted by Gasteiger charge is 2.76. The van der Waals surface area contributed by atoms with E-state index in [1.165, 1.54) is 0 Å². The molecule has 0 aromatic heterocycles. The number of rotatable bonds is 5. The monoisotopic (exact) mass is 457 g/mol. The molecule has 1 radical (unpaired) electrons. The first-order valence-electron chi connectivity index (χ1n) is 6.99. The number of benzene rings is 1. The van der Waals surface area contributed by atoms with Crippen molar-refractivity contribution in [2.45, 2.75) is 49.1 Å². The zero-order chi connectivity index (χ0) is 23.4. The molecular weight excluding hydrogens is 450 g/mol. The minimum atomic E-state index is -6.99. The summed E-state index contributed by atoms with van der Waals surface area (Å²) in [4.78, 5) is 0. The van der Waals surface area contributed by atoms with Crippen molar-refractivity contribution in [3.63, 3.8) is 0 Å². The topological polar surface area (TPSA) is 19.9 Å². The van der Waals surface area contributed by atoms with E-state index in [4.69, 9.17) is 0 Å². The summed E-state index contributed by atoms with van der Waals surface area (Å²) >= 11 is 0. The Labute approximate surface area is 151 Å². The normalized spacial score (nSPS) is 16.1. The Morgan fingerprint density at radius 2 is 0.897 bits per heavy atom. The van der Waals surface area contributed by atoms with Gasteiger partial charge in [0.2, 0.25) is 0 Å². The molecule has 1 aromatic carbocycles. The Morgan fingerprint density at radius 3 is 1.10 bits per heavy atom. The highest BCUT2D eigenvalue weighted by molar-refractivity contribution is 5.44. The van der Waals surface area contributed by atoms with Gasteiger partial charge in [0, 0.05) is 16.7 Å². The standard InChI is InChI=1S/C14H7F14O/c1-5(29)8-6(9(15,16)11(19,20)13(23,24)25)3-2-4-7(8)10(17,18)12(21,22)14(26,27)28/h2-5H,1H3. The van der Waals surface area contributed by atoms with Crippen LogP contribution in [0.1, 0.15) is 29.7 Å². The second-order valence-electron chi connectivity index (χ2n) is 5.70. The lowest BCUT2D eigenvalue weighted by atomic mass is 9.86. The summed E-state index contributed by atoms with van der Waals surface area (Å²) in [6.45, 7) is 0.103. The van der Waals surface area contributed by atoms with Gasteiger partial charge in [0.05, 0.1) is 0 Å². The molecular formula is C14H7F14O. The third kappa shape index (κ3) is 3.72. The quantitative estimate of drug-likeness (QED) is 0.436. The number of alkyl halides is 14. The molecule has 1 atom stereocenters. The zero-order valence-electron chi connectivity index (χ0n) is 13.5. The summed E-state index contributed by atoms with van der Waals surface area (Å²) in [6, 6.07) is -0.944. The molecule has 0 fully saturated rings. The molecule has 167 valence electrons. The molecule has 1 rings (SSSR count). The van der Waals surface area contributed by atoms with Crippen LogP contribution in [0.2, 0.25) is 0 Å². The summed E-state index contributed by atoms with van der Waals surface area (Å²) in [5, 5.41) is 11.5. The van der Waals surface area contributed by atoms with Crippen molar-refractivity contribution in [2.75, 3.05) is 0 Å². The van der Waals surface area contributed by atoms with Crippen molar-refractivity contribution < 1.29 is 66.6 Å². The molecule has 15 heteroatoms. The van der Waals surface area contributed by atoms with E-state index in [1.807, 2.05) is 0 Å². The molecule has 0 aliphatic rings. The van der Waals surface area contributed by atoms with Gasteiger partial charge in [-0.15, -0.1) is 0 Å². The average Bonchev–Trinajstić information content (AvgIpc) is 2.51. The van der Waals surface area contributed by atoms with E-state index in [9.17, 15) is 66.6 Å². The maximum Gasteiger partial charge on any atom is 0.460 e. The van der Waals surface area contributed by atoms with E-state index in [0.29, 0.717) is 0 Å². The Morgan fingerprint density at radius 1 is 0.621 bits per heavy atom. The Kier molecular flexibility index (Phi) is 5.98. The van der Waals surface area contributed by atoms with Crippen LogP contribution in [0.3, 0.4) is 0 Å². The Hall–Kier alpha value is -1.80. The maximum atomic E-state index is 13.9. The molecule has 0 aliphatic carbocycles. The maximum absolute atomic E-state index is 13.9. The van der Waals surface area contributed by atoms with E-state index < -0.39 is 58.8 Å². The highest BCUT2D eigenvalue weighted by atomic mass is 19.4. The molecule has 0 aliphatic heterocycles. The van der Waals surface area contributed by atoms with Crippen molar-refractivity contribution in [1.82, 2.24) is 0 Å². The van der Waals surface area contributed by atoms with Crippen LogP contribution in [0.4, 0.5) is 61.5 Å². The predicted octanol–water partition coefficient (Wildman–Crippen LogP) is 6.76. The fourth-order valence-electron chi connectivity index (χ4n) is 2.25. The second-order valence-corrected chi connectivity index (χ2v) is 5.70. The SMILES string of the molecule is CC([O])c1c(C(F)(F)C(F)(F)C(F)(F)F)cccc1C(F)(F)C(F)(F)C(F)(F)F. The van der Waals surface area contributed by atoms with Crippen molar-refractivity contribution in [1.29, 1.82) is 0 Å². The van der Waals surface area contributed by atoms with E-state index >= 15 is 0 Å². The molecule has 0 N–H and O–H groups in total. The fraction of sp³-hybridized carbons (Fsp3) is 0.571. The predicted molar refractivity (Wildman–Crippen MR) is 65.3 cm³/mol. The van der Waals surface area contributed by atoms with Crippen molar-refractivity contribution in [3.8, 4) is 0 Å². The van der Waals surface area contributed by atoms with Crippen molar-refractivity contribution >= 4 is 0 Å². The minimum absolute atomic E-state index is 0.103. The van der Waals surface area contributed by atoms with Gasteiger partial charge in [-0.1, -0.05) is 18.2 Å². The van der Waals surface area contributed by atoms with Gasteiger partial charge < -0.3 is 0 Å². The van der Waals surface area contributed by atoms with Crippen molar-refractivity contribution in [2.24, 2.45) is 0 Å². The summed E-state index contributed by atoms with van der Waals surface area (Å²) in [5.41, 5.74) is -7.98. The van der Waals surface area contributed by atoms with Gasteiger partial charge in [-0.3, -0.25) is 0 Å². The van der Waals surface area contributed by atoms with Crippen LogP contribution in [0.25, 0.3) is 0 Å². The third-order valence-corrected chi connectivity index (χ3v) is 3.69. The molecule has 1 aromatic rings. The van der Waals surface area contributed by atoms with Gasteiger partial charge in [0.15, 0.2) is 0 Å². The average molecular weight is 457 g/mol. The first-order valence-corrected chi connectivity index (χ1v) is 6.99. The summed E-state index contributed by atoms with van der Waals surface area (Å²) in [6.07, 6.45) is -17.1. The van der Waals surface area contributed by atoms with Gasteiger partial charge in [-0.2, -0.15) is 61.5 Å². The lowest BCUT2D eigenvalue weighted by Crippen LogP contribution is -2.52. The third-order valence-electron chi connectivity index (χ3n) is 3.69. The minimum Gasteiger partial charge on any atom is -0.228 e. The smallest absolute Gasteiger partial charge is 0.228 e. The Bertz CT molecular complexity index is 687. The number of hydrogen-bond donors (Lipinski definition) is 0. The van der Waals surface area contributed by atoms with Crippen LogP contribution in [-0.4, -0.2) is 24.2 Å². The first-order chi connectivity index (χ1) is 12.5. The molecule has 29 heavy (non-hydrogen) atoms. The van der Waals surface area contributed by atoms with Gasteiger partial charge in [0.25, 0.3) is 0 Å². The van der Waals surface area contributed by atoms with Gasteiger partial charge in [-0.25, -0.2) is 5.11 Å². The molecule has 0 heterocycles. The Balaban J connectivity index is 3.93. The number of hydrogen-bond acceptors (Lipinski definition) is 0. The molecule has 0 saturated heterocycles. The van der Waals surface area contributed by atoms with Gasteiger partial charge >= 0.3 is 36.0 Å². The van der Waals surface area contributed by atoms with Crippen LogP contribution in [-0.2, 0) is 17.0 Å². The first kappa shape index (κ1) is 25.2. The fourth-order valence-corrected chi connectivity index (χ4v) is 2.25. The molecule has 0 saturated carbocycles. The van der Waals surface area contributed by atoms with Gasteiger partial charge in [-0.05, 0) is 6.92 Å². The van der Waals surface area contributed by atoms with E-state index in [0.717, 1.165) is 0 Å². The van der Waals surface area contributed by atoms with Crippen LogP contribution in [0, 0.1) is 0 Å². The van der Waals surface area contributed by atoms with Crippen LogP contribution in [0.5, 0.6) is 0 Å². The molecule has 0 amide bonds. The van der Waals surface area contributed by atoms with E-state index in [2.05, 4.69) is 0 Å². The lowest BCUT2D eigenvalue weighted by molar-refractivity contribution is -0.361. The molecule has 0 spiro atoms. The van der Waals surface area contributed by atoms with Crippen molar-refractivity contribution in [3.05, 3.63) is 34.9 Å².